The Kier molecular flexibility index (Phi) is 4.71. The van der Waals surface area contributed by atoms with Crippen LogP contribution in [0.5, 0.6) is 0 Å². The maximum atomic E-state index is 3.92. The lowest BCUT2D eigenvalue weighted by atomic mass is 9.75. The SMILES string of the molecule is CC(NC1CCC(C)(C)CC1)C1CCN(C)CC1. The zero-order chi connectivity index (χ0) is 13.2. The van der Waals surface area contributed by atoms with Gasteiger partial charge in [0.25, 0.3) is 0 Å². The summed E-state index contributed by atoms with van der Waals surface area (Å²) in [5.74, 6) is 0.899. The molecule has 1 atom stereocenters. The number of nitrogens with one attached hydrogen (secondary N) is 1. The zero-order valence-electron chi connectivity index (χ0n) is 12.8. The average Bonchev–Trinajstić information content (AvgIpc) is 2.33. The zero-order valence-corrected chi connectivity index (χ0v) is 12.8. The molecule has 1 aliphatic carbocycles. The summed E-state index contributed by atoms with van der Waals surface area (Å²) in [7, 11) is 2.25. The largest absolute Gasteiger partial charge is 0.311 e. The van der Waals surface area contributed by atoms with E-state index in [0.717, 1.165) is 12.0 Å². The summed E-state index contributed by atoms with van der Waals surface area (Å²) in [5, 5.41) is 3.92. The van der Waals surface area contributed by atoms with Crippen LogP contribution in [0.1, 0.15) is 59.3 Å². The molecule has 1 aliphatic heterocycles. The molecule has 2 fully saturated rings. The molecule has 0 bridgehead atoms. The summed E-state index contributed by atoms with van der Waals surface area (Å²) in [4.78, 5) is 2.46. The van der Waals surface area contributed by atoms with E-state index in [1.807, 2.05) is 0 Å². The Morgan fingerprint density at radius 1 is 1.06 bits per heavy atom. The number of likely N-dealkylation sites (tertiary alicyclic amines) is 1. The summed E-state index contributed by atoms with van der Waals surface area (Å²) in [6.45, 7) is 9.83. The fourth-order valence-corrected chi connectivity index (χ4v) is 3.60. The van der Waals surface area contributed by atoms with Crippen LogP contribution in [0, 0.1) is 11.3 Å². The van der Waals surface area contributed by atoms with Crippen LogP contribution in [0.3, 0.4) is 0 Å². The smallest absolute Gasteiger partial charge is 0.00705 e. The Morgan fingerprint density at radius 2 is 1.61 bits per heavy atom. The van der Waals surface area contributed by atoms with Crippen molar-refractivity contribution in [2.24, 2.45) is 11.3 Å². The first-order chi connectivity index (χ1) is 8.46. The van der Waals surface area contributed by atoms with Crippen molar-refractivity contribution >= 4 is 0 Å². The van der Waals surface area contributed by atoms with Crippen LogP contribution in [-0.2, 0) is 0 Å². The van der Waals surface area contributed by atoms with E-state index in [9.17, 15) is 0 Å². The van der Waals surface area contributed by atoms with Crippen molar-refractivity contribution in [3.8, 4) is 0 Å². The quantitative estimate of drug-likeness (QED) is 0.829. The van der Waals surface area contributed by atoms with Gasteiger partial charge in [-0.1, -0.05) is 13.8 Å². The lowest BCUT2D eigenvalue weighted by Crippen LogP contribution is -2.46. The van der Waals surface area contributed by atoms with Gasteiger partial charge in [0.15, 0.2) is 0 Å². The highest BCUT2D eigenvalue weighted by Crippen LogP contribution is 2.35. The summed E-state index contributed by atoms with van der Waals surface area (Å²) in [6, 6.07) is 1.50. The molecule has 0 radical (unpaired) electrons. The topological polar surface area (TPSA) is 15.3 Å². The van der Waals surface area contributed by atoms with Crippen molar-refractivity contribution in [2.75, 3.05) is 20.1 Å². The van der Waals surface area contributed by atoms with Gasteiger partial charge in [-0.25, -0.2) is 0 Å². The molecule has 0 aromatic rings. The van der Waals surface area contributed by atoms with Crippen LogP contribution < -0.4 is 5.32 Å². The molecule has 1 heterocycles. The van der Waals surface area contributed by atoms with E-state index in [1.165, 1.54) is 51.6 Å². The highest BCUT2D eigenvalue weighted by atomic mass is 15.1. The number of piperidine rings is 1. The van der Waals surface area contributed by atoms with Gasteiger partial charge >= 0.3 is 0 Å². The fraction of sp³-hybridized carbons (Fsp3) is 1.00. The van der Waals surface area contributed by atoms with E-state index < -0.39 is 0 Å². The van der Waals surface area contributed by atoms with E-state index in [-0.39, 0.29) is 0 Å². The Balaban J connectivity index is 1.73. The van der Waals surface area contributed by atoms with Crippen molar-refractivity contribution < 1.29 is 0 Å². The fourth-order valence-electron chi connectivity index (χ4n) is 3.60. The molecule has 0 amide bonds. The molecular weight excluding hydrogens is 220 g/mol. The van der Waals surface area contributed by atoms with Gasteiger partial charge in [-0.3, -0.25) is 0 Å². The first-order valence-electron chi connectivity index (χ1n) is 7.91. The lowest BCUT2D eigenvalue weighted by Gasteiger charge is -2.39. The summed E-state index contributed by atoms with van der Waals surface area (Å²) in [6.07, 6.45) is 8.30. The van der Waals surface area contributed by atoms with Gasteiger partial charge in [0.1, 0.15) is 0 Å². The van der Waals surface area contributed by atoms with Crippen LogP contribution in [0.2, 0.25) is 0 Å². The maximum Gasteiger partial charge on any atom is 0.00705 e. The molecule has 1 unspecified atom stereocenters. The van der Waals surface area contributed by atoms with Crippen LogP contribution >= 0.6 is 0 Å². The van der Waals surface area contributed by atoms with E-state index in [1.54, 1.807) is 0 Å². The Labute approximate surface area is 114 Å². The number of nitrogens with zero attached hydrogens (tertiary/aromatic N) is 1. The number of hydrogen-bond donors (Lipinski definition) is 1. The molecular formula is C16H32N2. The summed E-state index contributed by atoms with van der Waals surface area (Å²) >= 11 is 0. The van der Waals surface area contributed by atoms with Gasteiger partial charge in [-0.15, -0.1) is 0 Å². The molecule has 1 N–H and O–H groups in total. The summed E-state index contributed by atoms with van der Waals surface area (Å²) in [5.41, 5.74) is 0.592. The van der Waals surface area contributed by atoms with Crippen molar-refractivity contribution in [2.45, 2.75) is 71.4 Å². The molecule has 2 aliphatic rings. The molecule has 0 aromatic heterocycles. The highest BCUT2D eigenvalue weighted by Gasteiger charge is 2.29. The van der Waals surface area contributed by atoms with E-state index in [2.05, 4.69) is 38.0 Å². The Hall–Kier alpha value is -0.0800. The normalized spacial score (nSPS) is 29.3. The number of hydrogen-bond acceptors (Lipinski definition) is 2. The predicted molar refractivity (Wildman–Crippen MR) is 78.9 cm³/mol. The first kappa shape index (κ1) is 14.3. The second-order valence-corrected chi connectivity index (χ2v) is 7.53. The molecule has 106 valence electrons. The second kappa shape index (κ2) is 5.92. The molecule has 0 spiro atoms. The van der Waals surface area contributed by atoms with Crippen molar-refractivity contribution in [1.29, 1.82) is 0 Å². The van der Waals surface area contributed by atoms with Gasteiger partial charge in [0.05, 0.1) is 0 Å². The molecule has 1 saturated carbocycles. The summed E-state index contributed by atoms with van der Waals surface area (Å²) < 4.78 is 0. The first-order valence-corrected chi connectivity index (χ1v) is 7.91. The van der Waals surface area contributed by atoms with Crippen molar-refractivity contribution in [3.63, 3.8) is 0 Å². The van der Waals surface area contributed by atoms with Crippen molar-refractivity contribution in [3.05, 3.63) is 0 Å². The third-order valence-electron chi connectivity index (χ3n) is 5.31. The van der Waals surface area contributed by atoms with Gasteiger partial charge in [-0.2, -0.15) is 0 Å². The molecule has 1 saturated heterocycles. The van der Waals surface area contributed by atoms with E-state index in [4.69, 9.17) is 0 Å². The molecule has 0 aromatic carbocycles. The third-order valence-corrected chi connectivity index (χ3v) is 5.31. The van der Waals surface area contributed by atoms with Crippen LogP contribution in [0.4, 0.5) is 0 Å². The van der Waals surface area contributed by atoms with E-state index >= 15 is 0 Å². The van der Waals surface area contributed by atoms with Gasteiger partial charge in [-0.05, 0) is 76.9 Å². The van der Waals surface area contributed by atoms with Gasteiger partial charge in [0.2, 0.25) is 0 Å². The van der Waals surface area contributed by atoms with Crippen molar-refractivity contribution in [1.82, 2.24) is 10.2 Å². The van der Waals surface area contributed by atoms with Gasteiger partial charge in [0, 0.05) is 12.1 Å². The predicted octanol–water partition coefficient (Wildman–Crippen LogP) is 3.28. The lowest BCUT2D eigenvalue weighted by molar-refractivity contribution is 0.158. The van der Waals surface area contributed by atoms with Crippen LogP contribution in [0.25, 0.3) is 0 Å². The highest BCUT2D eigenvalue weighted by molar-refractivity contribution is 4.86. The minimum atomic E-state index is 0.592. The minimum Gasteiger partial charge on any atom is -0.311 e. The molecule has 2 rings (SSSR count). The average molecular weight is 252 g/mol. The van der Waals surface area contributed by atoms with Gasteiger partial charge < -0.3 is 10.2 Å². The third kappa shape index (κ3) is 3.96. The second-order valence-electron chi connectivity index (χ2n) is 7.53. The Bertz CT molecular complexity index is 244. The Morgan fingerprint density at radius 3 is 2.17 bits per heavy atom. The monoisotopic (exact) mass is 252 g/mol. The molecule has 2 heteroatoms. The standard InChI is InChI=1S/C16H32N2/c1-13(14-7-11-18(4)12-8-14)17-15-5-9-16(2,3)10-6-15/h13-15,17H,5-12H2,1-4H3. The minimum absolute atomic E-state index is 0.592. The van der Waals surface area contributed by atoms with Crippen LogP contribution in [-0.4, -0.2) is 37.1 Å². The molecule has 2 nitrogen and oxygen atoms in total. The number of rotatable bonds is 3. The van der Waals surface area contributed by atoms with Crippen LogP contribution in [0.15, 0.2) is 0 Å². The maximum absolute atomic E-state index is 3.92. The molecule has 18 heavy (non-hydrogen) atoms. The van der Waals surface area contributed by atoms with E-state index in [0.29, 0.717) is 11.5 Å².